The fraction of sp³-hybridized carbons (Fsp3) is 0.345. The zero-order valence-corrected chi connectivity index (χ0v) is 23.9. The van der Waals surface area contributed by atoms with Crippen molar-refractivity contribution in [3.63, 3.8) is 0 Å². The summed E-state index contributed by atoms with van der Waals surface area (Å²) in [6.07, 6.45) is -3.75. The molecule has 1 unspecified atom stereocenters. The Morgan fingerprint density at radius 2 is 1.50 bits per heavy atom. The highest BCUT2D eigenvalue weighted by molar-refractivity contribution is 7.80. The zero-order valence-electron chi connectivity index (χ0n) is 22.2. The summed E-state index contributed by atoms with van der Waals surface area (Å²) in [7, 11) is 0. The van der Waals surface area contributed by atoms with E-state index in [1.54, 1.807) is 0 Å². The van der Waals surface area contributed by atoms with Gasteiger partial charge in [-0.05, 0) is 53.4 Å². The largest absolute Gasteiger partial charge is 0.455 e. The van der Waals surface area contributed by atoms with Crippen LogP contribution in [0.25, 0.3) is 10.4 Å². The second kappa shape index (κ2) is 12.5. The molecule has 0 spiro atoms. The van der Waals surface area contributed by atoms with Crippen molar-refractivity contribution in [1.29, 1.82) is 0 Å². The van der Waals surface area contributed by atoms with E-state index in [1.807, 2.05) is 37.3 Å². The SMILES string of the molecule is CC(=O)O[C@H]1[C@H](OC(C)=O)[C@@H](OC(C)=O)C(c2ccc(C)c(Cc3ccc(-c4ccc(F)c(F)c4)s3)c2)O[C@@H]1S. The van der Waals surface area contributed by atoms with Gasteiger partial charge in [0, 0.05) is 36.9 Å². The molecule has 0 saturated carbocycles. The summed E-state index contributed by atoms with van der Waals surface area (Å²) in [6.45, 7) is 5.58. The molecule has 0 bridgehead atoms. The van der Waals surface area contributed by atoms with Crippen molar-refractivity contribution >= 4 is 41.9 Å². The molecule has 11 heteroatoms. The highest BCUT2D eigenvalue weighted by atomic mass is 32.1. The van der Waals surface area contributed by atoms with Gasteiger partial charge in [-0.2, -0.15) is 0 Å². The van der Waals surface area contributed by atoms with Crippen molar-refractivity contribution in [2.45, 2.75) is 64.0 Å². The van der Waals surface area contributed by atoms with Gasteiger partial charge in [-0.25, -0.2) is 8.78 Å². The summed E-state index contributed by atoms with van der Waals surface area (Å²) in [5.41, 5.74) is 2.18. The molecule has 4 rings (SSSR count). The van der Waals surface area contributed by atoms with Gasteiger partial charge in [-0.15, -0.1) is 24.0 Å². The summed E-state index contributed by atoms with van der Waals surface area (Å²) in [6, 6.07) is 13.2. The molecule has 0 radical (unpaired) electrons. The minimum absolute atomic E-state index is 0.534. The molecule has 212 valence electrons. The van der Waals surface area contributed by atoms with Gasteiger partial charge in [0.05, 0.1) is 0 Å². The predicted octanol–water partition coefficient (Wildman–Crippen LogP) is 5.71. The lowest BCUT2D eigenvalue weighted by Gasteiger charge is -2.43. The van der Waals surface area contributed by atoms with Crippen LogP contribution in [0.4, 0.5) is 8.78 Å². The Labute approximate surface area is 239 Å². The molecular weight excluding hydrogens is 562 g/mol. The average molecular weight is 591 g/mol. The van der Waals surface area contributed by atoms with Gasteiger partial charge < -0.3 is 18.9 Å². The summed E-state index contributed by atoms with van der Waals surface area (Å²) in [5.74, 6) is -3.73. The molecule has 0 aliphatic carbocycles. The van der Waals surface area contributed by atoms with E-state index in [-0.39, 0.29) is 0 Å². The maximum atomic E-state index is 13.7. The Kier molecular flexibility index (Phi) is 9.27. The molecule has 7 nitrogen and oxygen atoms in total. The van der Waals surface area contributed by atoms with E-state index in [1.165, 1.54) is 44.2 Å². The molecule has 2 aromatic carbocycles. The van der Waals surface area contributed by atoms with Crippen LogP contribution in [0.1, 0.15) is 48.4 Å². The van der Waals surface area contributed by atoms with Crippen molar-refractivity contribution in [3.05, 3.63) is 81.7 Å². The second-order valence-corrected chi connectivity index (χ2v) is 11.1. The molecular formula is C29H28F2O7S2. The molecule has 0 N–H and O–H groups in total. The highest BCUT2D eigenvalue weighted by Gasteiger charge is 2.51. The number of halogens is 2. The molecule has 0 amide bonds. The van der Waals surface area contributed by atoms with Crippen LogP contribution in [0.15, 0.2) is 48.5 Å². The minimum atomic E-state index is -1.16. The maximum absolute atomic E-state index is 13.7. The van der Waals surface area contributed by atoms with E-state index < -0.39 is 59.4 Å². The Bertz CT molecular complexity index is 1420. The summed E-state index contributed by atoms with van der Waals surface area (Å²) in [5, 5.41) is 0. The van der Waals surface area contributed by atoms with Crippen LogP contribution in [-0.2, 0) is 39.8 Å². The molecule has 1 aliphatic heterocycles. The van der Waals surface area contributed by atoms with Crippen LogP contribution in [-0.4, -0.2) is 41.7 Å². The van der Waals surface area contributed by atoms with Crippen molar-refractivity contribution in [3.8, 4) is 10.4 Å². The lowest BCUT2D eigenvalue weighted by Crippen LogP contribution is -2.57. The standard InChI is InChI=1S/C29H28F2O7S2/c1-14-5-6-19(11-20(14)12-21-8-10-24(40-21)18-7-9-22(30)23(31)13-18)25-26(35-15(2)32)27(36-16(3)33)28(29(39)38-25)37-17(4)34/h5-11,13,25-29,39H,12H2,1-4H3/t25?,26-,27+,28-,29+/m0/s1. The number of rotatable bonds is 7. The van der Waals surface area contributed by atoms with Crippen LogP contribution < -0.4 is 0 Å². The molecule has 40 heavy (non-hydrogen) atoms. The topological polar surface area (TPSA) is 88.1 Å². The lowest BCUT2D eigenvalue weighted by molar-refractivity contribution is -0.233. The van der Waals surface area contributed by atoms with Crippen LogP contribution in [0, 0.1) is 18.6 Å². The van der Waals surface area contributed by atoms with E-state index >= 15 is 0 Å². The number of carbonyl (C=O) groups is 3. The minimum Gasteiger partial charge on any atom is -0.455 e. The van der Waals surface area contributed by atoms with E-state index in [2.05, 4.69) is 12.6 Å². The normalized spacial score (nSPS) is 22.4. The van der Waals surface area contributed by atoms with Crippen LogP contribution >= 0.6 is 24.0 Å². The number of carbonyl (C=O) groups excluding carboxylic acids is 3. The quantitative estimate of drug-likeness (QED) is 0.214. The Balaban J connectivity index is 1.65. The fourth-order valence-electron chi connectivity index (χ4n) is 4.58. The summed E-state index contributed by atoms with van der Waals surface area (Å²) < 4.78 is 49.6. The first-order valence-electron chi connectivity index (χ1n) is 12.4. The number of aryl methyl sites for hydroxylation is 1. The Hall–Kier alpha value is -3.28. The monoisotopic (exact) mass is 590 g/mol. The lowest BCUT2D eigenvalue weighted by atomic mass is 9.91. The van der Waals surface area contributed by atoms with Gasteiger partial charge >= 0.3 is 17.9 Å². The maximum Gasteiger partial charge on any atom is 0.303 e. The van der Waals surface area contributed by atoms with Gasteiger partial charge in [0.15, 0.2) is 29.9 Å². The predicted molar refractivity (Wildman–Crippen MR) is 147 cm³/mol. The molecule has 2 heterocycles. The number of esters is 3. The van der Waals surface area contributed by atoms with E-state index in [0.29, 0.717) is 17.5 Å². The van der Waals surface area contributed by atoms with Gasteiger partial charge in [-0.3, -0.25) is 14.4 Å². The second-order valence-electron chi connectivity index (χ2n) is 9.43. The third-order valence-electron chi connectivity index (χ3n) is 6.35. The van der Waals surface area contributed by atoms with Crippen LogP contribution in [0.3, 0.4) is 0 Å². The number of benzene rings is 2. The zero-order chi connectivity index (χ0) is 29.1. The Morgan fingerprint density at radius 1 is 0.850 bits per heavy atom. The van der Waals surface area contributed by atoms with Gasteiger partial charge in [-0.1, -0.05) is 24.3 Å². The van der Waals surface area contributed by atoms with Crippen molar-refractivity contribution in [1.82, 2.24) is 0 Å². The van der Waals surface area contributed by atoms with Gasteiger partial charge in [0.1, 0.15) is 11.5 Å². The third-order valence-corrected chi connectivity index (χ3v) is 7.90. The molecule has 1 aromatic heterocycles. The van der Waals surface area contributed by atoms with Crippen LogP contribution in [0.2, 0.25) is 0 Å². The first-order chi connectivity index (χ1) is 18.9. The van der Waals surface area contributed by atoms with Crippen molar-refractivity contribution in [2.24, 2.45) is 0 Å². The summed E-state index contributed by atoms with van der Waals surface area (Å²) >= 11 is 5.91. The number of hydrogen-bond donors (Lipinski definition) is 1. The van der Waals surface area contributed by atoms with Crippen molar-refractivity contribution < 1.29 is 42.1 Å². The summed E-state index contributed by atoms with van der Waals surface area (Å²) in [4.78, 5) is 37.6. The van der Waals surface area contributed by atoms with Gasteiger partial charge in [0.25, 0.3) is 0 Å². The van der Waals surface area contributed by atoms with E-state index in [9.17, 15) is 23.2 Å². The number of ether oxygens (including phenoxy) is 4. The highest BCUT2D eigenvalue weighted by Crippen LogP contribution is 2.39. The molecule has 1 saturated heterocycles. The number of thiophene rings is 1. The first-order valence-corrected chi connectivity index (χ1v) is 13.7. The Morgan fingerprint density at radius 3 is 2.15 bits per heavy atom. The van der Waals surface area contributed by atoms with Crippen molar-refractivity contribution in [2.75, 3.05) is 0 Å². The molecule has 3 aromatic rings. The first kappa shape index (κ1) is 29.7. The van der Waals surface area contributed by atoms with Gasteiger partial charge in [0.2, 0.25) is 0 Å². The number of thiol groups is 1. The molecule has 1 fully saturated rings. The third kappa shape index (κ3) is 6.89. The molecule has 1 aliphatic rings. The van der Waals surface area contributed by atoms with E-state index in [0.717, 1.165) is 26.9 Å². The molecule has 5 atom stereocenters. The average Bonchev–Trinajstić information content (AvgIpc) is 3.34. The van der Waals surface area contributed by atoms with Crippen LogP contribution in [0.5, 0.6) is 0 Å². The number of hydrogen-bond acceptors (Lipinski definition) is 9. The smallest absolute Gasteiger partial charge is 0.303 e. The fourth-order valence-corrected chi connectivity index (χ4v) is 5.97. The van der Waals surface area contributed by atoms with E-state index in [4.69, 9.17) is 18.9 Å².